The number of Topliss-reactive ketones (excluding diaryl/α,β-unsaturated/α-hetero) is 1. The quantitative estimate of drug-likeness (QED) is 0.466. The maximum absolute atomic E-state index is 12.7. The number of para-hydroxylation sites is 1. The van der Waals surface area contributed by atoms with Gasteiger partial charge in [-0.2, -0.15) is 5.26 Å². The van der Waals surface area contributed by atoms with Crippen LogP contribution in [0.3, 0.4) is 0 Å². The number of allylic oxidation sites excluding steroid dienone is 9. The van der Waals surface area contributed by atoms with E-state index >= 15 is 0 Å². The monoisotopic (exact) mass is 452 g/mol. The van der Waals surface area contributed by atoms with Gasteiger partial charge < -0.3 is 4.90 Å². The van der Waals surface area contributed by atoms with Crippen LogP contribution in [0, 0.1) is 11.3 Å². The minimum absolute atomic E-state index is 0.0246. The Bertz CT molecular complexity index is 1530. The van der Waals surface area contributed by atoms with E-state index in [2.05, 4.69) is 36.9 Å². The topological polar surface area (TPSA) is 78.2 Å². The Balaban J connectivity index is 1.51. The smallest absolute Gasteiger partial charge is 0.211 e. The van der Waals surface area contributed by atoms with Crippen LogP contribution in [-0.2, 0) is 15.3 Å². The highest BCUT2D eigenvalue weighted by atomic mass is 32.2. The lowest BCUT2D eigenvalue weighted by Crippen LogP contribution is -2.24. The predicted molar refractivity (Wildman–Crippen MR) is 127 cm³/mol. The maximum atomic E-state index is 12.7. The lowest BCUT2D eigenvalue weighted by Gasteiger charge is -2.27. The molecule has 0 fully saturated rings. The molecular formula is C27H20N2O3S. The van der Waals surface area contributed by atoms with Crippen molar-refractivity contribution in [2.24, 2.45) is 0 Å². The van der Waals surface area contributed by atoms with Crippen LogP contribution >= 0.6 is 0 Å². The van der Waals surface area contributed by atoms with Crippen molar-refractivity contribution in [1.82, 2.24) is 0 Å². The van der Waals surface area contributed by atoms with Crippen molar-refractivity contribution in [1.29, 1.82) is 5.26 Å². The van der Waals surface area contributed by atoms with Crippen molar-refractivity contribution in [2.75, 3.05) is 4.90 Å². The zero-order chi connectivity index (χ0) is 23.4. The van der Waals surface area contributed by atoms with Crippen molar-refractivity contribution in [3.8, 4) is 6.07 Å². The van der Waals surface area contributed by atoms with Crippen LogP contribution in [0.15, 0.2) is 112 Å². The van der Waals surface area contributed by atoms with Gasteiger partial charge in [0.1, 0.15) is 4.91 Å². The molecule has 0 aliphatic carbocycles. The Labute approximate surface area is 192 Å². The van der Waals surface area contributed by atoms with Crippen LogP contribution in [0.1, 0.15) is 29.8 Å². The van der Waals surface area contributed by atoms with E-state index in [1.807, 2.05) is 30.5 Å². The van der Waals surface area contributed by atoms with E-state index < -0.39 is 15.6 Å². The molecule has 33 heavy (non-hydrogen) atoms. The summed E-state index contributed by atoms with van der Waals surface area (Å²) < 4.78 is 25.4. The summed E-state index contributed by atoms with van der Waals surface area (Å²) in [6.07, 6.45) is 10.1. The highest BCUT2D eigenvalue weighted by Crippen LogP contribution is 2.49. The molecule has 0 bridgehead atoms. The van der Waals surface area contributed by atoms with E-state index in [1.54, 1.807) is 18.2 Å². The average Bonchev–Trinajstić information content (AvgIpc) is 3.16. The second-order valence-electron chi connectivity index (χ2n) is 8.56. The molecule has 0 amide bonds. The summed E-state index contributed by atoms with van der Waals surface area (Å²) in [6, 6.07) is 16.6. The molecule has 0 N–H and O–H groups in total. The molecule has 0 saturated heterocycles. The first kappa shape index (κ1) is 20.9. The third kappa shape index (κ3) is 3.05. The van der Waals surface area contributed by atoms with E-state index in [-0.39, 0.29) is 20.8 Å². The molecule has 0 atom stereocenters. The number of rotatable bonds is 2. The SMILES string of the molecule is CC1(C)C2=CC(=C(C#N)C=CC=C3C(=O)c4ccccc4S3(=O)=O)C=CN2c2ccccc21. The van der Waals surface area contributed by atoms with Crippen LogP contribution in [0.25, 0.3) is 0 Å². The molecule has 3 aliphatic heterocycles. The van der Waals surface area contributed by atoms with Crippen LogP contribution in [0.2, 0.25) is 0 Å². The molecule has 0 aromatic heterocycles. The summed E-state index contributed by atoms with van der Waals surface area (Å²) in [5.74, 6) is -0.526. The Kier molecular flexibility index (Phi) is 4.62. The fraction of sp³-hybridized carbons (Fsp3) is 0.111. The minimum Gasteiger partial charge on any atom is -0.320 e. The van der Waals surface area contributed by atoms with Crippen LogP contribution in [0.4, 0.5) is 5.69 Å². The summed E-state index contributed by atoms with van der Waals surface area (Å²) in [6.45, 7) is 4.30. The molecule has 0 unspecified atom stereocenters. The van der Waals surface area contributed by atoms with E-state index in [1.165, 1.54) is 29.8 Å². The van der Waals surface area contributed by atoms with Gasteiger partial charge in [0.2, 0.25) is 15.6 Å². The third-order valence-electron chi connectivity index (χ3n) is 6.31. The van der Waals surface area contributed by atoms with Crippen molar-refractivity contribution in [3.63, 3.8) is 0 Å². The fourth-order valence-corrected chi connectivity index (χ4v) is 6.12. The lowest BCUT2D eigenvalue weighted by atomic mass is 9.82. The molecule has 6 heteroatoms. The number of anilines is 1. The number of hydrogen-bond acceptors (Lipinski definition) is 5. The van der Waals surface area contributed by atoms with Gasteiger partial charge in [-0.25, -0.2) is 8.42 Å². The summed E-state index contributed by atoms with van der Waals surface area (Å²) in [5.41, 5.74) is 4.45. The first-order valence-electron chi connectivity index (χ1n) is 10.5. The first-order valence-corrected chi connectivity index (χ1v) is 12.0. The number of benzene rings is 2. The molecule has 0 radical (unpaired) electrons. The highest BCUT2D eigenvalue weighted by molar-refractivity contribution is 7.97. The minimum atomic E-state index is -3.85. The molecule has 5 nitrogen and oxygen atoms in total. The van der Waals surface area contributed by atoms with Gasteiger partial charge in [-0.1, -0.05) is 50.3 Å². The predicted octanol–water partition coefficient (Wildman–Crippen LogP) is 5.13. The fourth-order valence-electron chi connectivity index (χ4n) is 4.57. The number of carbonyl (C=O) groups is 1. The molecule has 2 aromatic rings. The average molecular weight is 453 g/mol. The summed E-state index contributed by atoms with van der Waals surface area (Å²) in [5, 5.41) is 9.77. The lowest BCUT2D eigenvalue weighted by molar-refractivity contribution is 0.104. The number of sulfone groups is 1. The van der Waals surface area contributed by atoms with Gasteiger partial charge in [0.05, 0.1) is 16.5 Å². The van der Waals surface area contributed by atoms with E-state index in [0.717, 1.165) is 17.0 Å². The van der Waals surface area contributed by atoms with Crippen LogP contribution in [-0.4, -0.2) is 14.2 Å². The van der Waals surface area contributed by atoms with Gasteiger partial charge in [-0.05, 0) is 53.6 Å². The molecule has 2 aromatic carbocycles. The van der Waals surface area contributed by atoms with Gasteiger partial charge in [-0.3, -0.25) is 4.79 Å². The van der Waals surface area contributed by atoms with Crippen molar-refractivity contribution >= 4 is 21.3 Å². The molecule has 3 aliphatic rings. The highest BCUT2D eigenvalue weighted by Gasteiger charge is 2.40. The molecule has 5 rings (SSSR count). The van der Waals surface area contributed by atoms with Crippen LogP contribution < -0.4 is 4.90 Å². The number of carbonyl (C=O) groups excluding carboxylic acids is 1. The largest absolute Gasteiger partial charge is 0.320 e. The standard InChI is InChI=1S/C27H20N2O3S/c1-27(2)21-10-4-5-11-22(21)29-15-14-18(16-25(27)29)19(17-28)8-7-13-24-26(30)20-9-3-6-12-23(20)33(24,31)32/h3-16H,1-2H3. The second-order valence-corrected chi connectivity index (χ2v) is 10.4. The van der Waals surface area contributed by atoms with Crippen molar-refractivity contribution in [3.05, 3.63) is 118 Å². The third-order valence-corrected chi connectivity index (χ3v) is 8.14. The summed E-state index contributed by atoms with van der Waals surface area (Å²) >= 11 is 0. The van der Waals surface area contributed by atoms with Gasteiger partial charge in [0, 0.05) is 28.6 Å². The summed E-state index contributed by atoms with van der Waals surface area (Å²) in [4.78, 5) is 14.4. The molecular weight excluding hydrogens is 432 g/mol. The number of hydrogen-bond donors (Lipinski definition) is 0. The van der Waals surface area contributed by atoms with E-state index in [0.29, 0.717) is 5.57 Å². The van der Waals surface area contributed by atoms with Gasteiger partial charge in [-0.15, -0.1) is 0 Å². The van der Waals surface area contributed by atoms with Gasteiger partial charge in [0.25, 0.3) is 0 Å². The zero-order valence-electron chi connectivity index (χ0n) is 18.1. The molecule has 0 saturated carbocycles. The van der Waals surface area contributed by atoms with E-state index in [9.17, 15) is 18.5 Å². The second kappa shape index (κ2) is 7.29. The zero-order valence-corrected chi connectivity index (χ0v) is 18.9. The summed E-state index contributed by atoms with van der Waals surface area (Å²) in [7, 11) is -3.85. The van der Waals surface area contributed by atoms with Gasteiger partial charge in [0.15, 0.2) is 0 Å². The Hall–Kier alpha value is -3.95. The first-order chi connectivity index (χ1) is 15.8. The van der Waals surface area contributed by atoms with Crippen molar-refractivity contribution < 1.29 is 13.2 Å². The maximum Gasteiger partial charge on any atom is 0.211 e. The van der Waals surface area contributed by atoms with Crippen molar-refractivity contribution in [2.45, 2.75) is 24.2 Å². The Morgan fingerprint density at radius 3 is 2.58 bits per heavy atom. The molecule has 3 heterocycles. The number of fused-ring (bicyclic) bond motifs is 4. The number of nitrogens with zero attached hydrogens (tertiary/aromatic N) is 2. The van der Waals surface area contributed by atoms with E-state index in [4.69, 9.17) is 0 Å². The van der Waals surface area contributed by atoms with Crippen LogP contribution in [0.5, 0.6) is 0 Å². The normalized spacial score (nSPS) is 22.1. The molecule has 0 spiro atoms. The van der Waals surface area contributed by atoms with Gasteiger partial charge >= 0.3 is 0 Å². The number of nitriles is 1. The Morgan fingerprint density at radius 1 is 1.09 bits per heavy atom. The Morgan fingerprint density at radius 2 is 1.82 bits per heavy atom. The number of ketones is 1. The molecule has 162 valence electrons.